The smallest absolute Gasteiger partial charge is 0.261 e. The van der Waals surface area contributed by atoms with E-state index in [-0.39, 0.29) is 54.8 Å². The molecule has 2 N–H and O–H groups in total. The van der Waals surface area contributed by atoms with E-state index in [0.717, 1.165) is 200 Å². The second kappa shape index (κ2) is 57.6. The number of amides is 6. The van der Waals surface area contributed by atoms with Crippen LogP contribution in [0.2, 0.25) is 0 Å². The fourth-order valence-electron chi connectivity index (χ4n) is 12.5. The first-order chi connectivity index (χ1) is 55.7. The predicted molar refractivity (Wildman–Crippen MR) is 544 cm³/mol. The highest BCUT2D eigenvalue weighted by Gasteiger charge is 2.39. The lowest BCUT2D eigenvalue weighted by Crippen LogP contribution is -2.30. The Morgan fingerprint density at radius 1 is 0.282 bits per heavy atom. The monoisotopic (exact) mass is 2620 g/mol. The first-order valence-corrected chi connectivity index (χ1v) is 52.6. The average molecular weight is 2640 g/mol. The fourth-order valence-corrected chi connectivity index (χ4v) is 19.3. The number of aliphatic hydroxyl groups is 2. The number of anilines is 2. The molecular formula is C87H104Br16N6O8. The van der Waals surface area contributed by atoms with Gasteiger partial charge in [0.1, 0.15) is 0 Å². The molecule has 0 spiro atoms. The van der Waals surface area contributed by atoms with Gasteiger partial charge in [-0.2, -0.15) is 0 Å². The molecular weight excluding hydrogens is 2540 g/mol. The molecule has 6 heterocycles. The van der Waals surface area contributed by atoms with E-state index in [9.17, 15) is 39.0 Å². The molecule has 0 saturated heterocycles. The summed E-state index contributed by atoms with van der Waals surface area (Å²) in [6.45, 7) is 21.7. The van der Waals surface area contributed by atoms with Gasteiger partial charge in [-0.15, -0.1) is 0 Å². The Labute approximate surface area is 828 Å². The highest BCUT2D eigenvalue weighted by molar-refractivity contribution is 9.30. The molecule has 0 aliphatic carbocycles. The van der Waals surface area contributed by atoms with Crippen LogP contribution >= 0.6 is 255 Å². The van der Waals surface area contributed by atoms with E-state index < -0.39 is 12.2 Å². The van der Waals surface area contributed by atoms with Gasteiger partial charge < -0.3 is 29.8 Å². The third-order valence-corrected chi connectivity index (χ3v) is 27.4. The van der Waals surface area contributed by atoms with E-state index in [2.05, 4.69) is 303 Å². The molecule has 0 saturated carbocycles. The topological polar surface area (TPSA) is 162 Å². The van der Waals surface area contributed by atoms with Gasteiger partial charge in [-0.3, -0.25) is 38.6 Å². The molecule has 3 aromatic rings. The summed E-state index contributed by atoms with van der Waals surface area (Å²) in [6, 6.07) is 29.1. The number of benzene rings is 3. The van der Waals surface area contributed by atoms with Crippen LogP contribution in [0.1, 0.15) is 196 Å². The minimum Gasteiger partial charge on any atom is -0.388 e. The van der Waals surface area contributed by atoms with E-state index in [1.165, 1.54) is 12.8 Å². The van der Waals surface area contributed by atoms with Crippen LogP contribution in [0, 0.1) is 0 Å². The fraction of sp³-hybridized carbons (Fsp3) is 0.448. The number of hydrogen-bond donors (Lipinski definition) is 2. The van der Waals surface area contributed by atoms with Crippen LogP contribution in [-0.4, -0.2) is 116 Å². The van der Waals surface area contributed by atoms with E-state index in [1.54, 1.807) is 31.8 Å². The Kier molecular flexibility index (Phi) is 53.3. The summed E-state index contributed by atoms with van der Waals surface area (Å²) >= 11 is 55.4. The molecule has 6 unspecified atom stereocenters. The molecule has 6 atom stereocenters. The molecule has 0 fully saturated rings. The van der Waals surface area contributed by atoms with Crippen LogP contribution in [0.4, 0.5) is 11.4 Å². The highest BCUT2D eigenvalue weighted by Crippen LogP contribution is 2.42. The maximum atomic E-state index is 12.7. The first-order valence-electron chi connectivity index (χ1n) is 39.4. The van der Waals surface area contributed by atoms with Crippen LogP contribution in [0.3, 0.4) is 0 Å². The van der Waals surface area contributed by atoms with Gasteiger partial charge in [0.2, 0.25) is 0 Å². The molecule has 6 amide bonds. The van der Waals surface area contributed by atoms with E-state index in [0.29, 0.717) is 46.2 Å². The lowest BCUT2D eigenvalue weighted by molar-refractivity contribution is -0.126. The number of unbranched alkanes of at least 4 members (excludes halogenated alkanes) is 5. The normalized spacial score (nSPS) is 16.6. The Bertz CT molecular complexity index is 4040. The van der Waals surface area contributed by atoms with Crippen molar-refractivity contribution in [2.75, 3.05) is 29.4 Å². The van der Waals surface area contributed by atoms with Gasteiger partial charge >= 0.3 is 0 Å². The lowest BCUT2D eigenvalue weighted by atomic mass is 10.1. The van der Waals surface area contributed by atoms with E-state index in [4.69, 9.17) is 0 Å². The molecule has 0 aromatic heterocycles. The zero-order chi connectivity index (χ0) is 87.3. The summed E-state index contributed by atoms with van der Waals surface area (Å²) in [7, 11) is 0. The van der Waals surface area contributed by atoms with Crippen molar-refractivity contribution in [3.05, 3.63) is 221 Å². The number of halogens is 16. The minimum atomic E-state index is -0.726. The second-order valence-electron chi connectivity index (χ2n) is 27.6. The second-order valence-corrected chi connectivity index (χ2v) is 47.9. The third kappa shape index (κ3) is 33.0. The molecule has 9 rings (SSSR count). The molecule has 642 valence electrons. The summed E-state index contributed by atoms with van der Waals surface area (Å²) in [6.07, 6.45) is 29.6. The van der Waals surface area contributed by atoms with Crippen molar-refractivity contribution < 1.29 is 39.0 Å². The van der Waals surface area contributed by atoms with Crippen LogP contribution in [-0.2, 0) is 35.3 Å². The zero-order valence-electron chi connectivity index (χ0n) is 67.1. The van der Waals surface area contributed by atoms with Crippen LogP contribution in [0.25, 0.3) is 0 Å². The number of rotatable bonds is 33. The Balaban J connectivity index is 0.000000296. The number of aliphatic hydroxyl groups excluding tert-OH is 2. The standard InChI is InChI=1S/C16H16Br3NO.C15H14Br3NO.C15H22Br3NO.C15H15Br2NO2.C13H18Br3NO.C13H19Br2NO2/c1-2-6-13(17)12-9-14(15(18)19)20(16(12)21)10-11-7-4-3-5-8-11;1-2-6-12(16)11-9-13(14(17)18)19(15(11)20)10-7-4-3-5-8-10;1-3-5-7-8-12(16)11-10-13(14(17)18)19(15(11)20)9-6-4-2;1-2-6-13(19)11-9-12(14(16)17)18(15(11)20)10-7-4-3-5-8-10;1-3-5-7-17-11(12(15)16)8-9(13(17)18)10(14)6-4-2;1-3-5-7-16-10(12(14)15)8-9(13(16)18)11(17)6-4-2/h3-5,7-9,13H,2,6,10H2,1H3;3-5,7-9,12H,2,6H2,1H3;10,12H,3-9H2,1-2H3;3-5,7-9,13,19H,2,6H2,1H3;8,10H,3-7H2,1-2H3;8,11,17H,3-7H2,1-2H3. The zero-order valence-corrected chi connectivity index (χ0v) is 92.5. The number of nitrogens with zero attached hydrogens (tertiary/aromatic N) is 6. The van der Waals surface area contributed by atoms with Gasteiger partial charge in [-0.1, -0.05) is 263 Å². The third-order valence-electron chi connectivity index (χ3n) is 18.7. The van der Waals surface area contributed by atoms with Crippen molar-refractivity contribution in [3.63, 3.8) is 0 Å². The van der Waals surface area contributed by atoms with Gasteiger partial charge in [0.05, 0.1) is 73.3 Å². The molecule has 0 radical (unpaired) electrons. The Hall–Kier alpha value is -1.04. The van der Waals surface area contributed by atoms with Crippen molar-refractivity contribution in [2.24, 2.45) is 0 Å². The van der Waals surface area contributed by atoms with Crippen LogP contribution in [0.5, 0.6) is 0 Å². The molecule has 0 bridgehead atoms. The highest BCUT2D eigenvalue weighted by atomic mass is 79.9. The van der Waals surface area contributed by atoms with Crippen molar-refractivity contribution >= 4 is 302 Å². The maximum absolute atomic E-state index is 12.7. The molecule has 3 aromatic carbocycles. The summed E-state index contributed by atoms with van der Waals surface area (Å²) in [5.41, 5.74) is 12.1. The predicted octanol–water partition coefficient (Wildman–Crippen LogP) is 29.6. The SMILES string of the molecule is CCCC(Br)C1=CC(=C(Br)Br)N(Cc2ccccc2)C1=O.CCCC(Br)C1=CC(=C(Br)Br)N(c2ccccc2)C1=O.CCCC(O)C1=CC(=C(Br)Br)N(c2ccccc2)C1=O.CCCCCC(Br)C1=CC(=C(Br)Br)N(CCCC)C1=O.CCCCN1C(=O)C(C(Br)CCC)=CC1=C(Br)Br.CCCCN1C(=O)C(C(O)CCC)=CC1=C(Br)Br. The molecule has 6 aliphatic heterocycles. The minimum absolute atomic E-state index is 0.0259. The van der Waals surface area contributed by atoms with Gasteiger partial charge in [0.25, 0.3) is 35.4 Å². The van der Waals surface area contributed by atoms with Crippen LogP contribution < -0.4 is 9.80 Å². The molecule has 14 nitrogen and oxygen atoms in total. The quantitative estimate of drug-likeness (QED) is 0.0450. The average Bonchev–Trinajstić information content (AvgIpc) is 1.65. The molecule has 117 heavy (non-hydrogen) atoms. The number of allylic oxidation sites excluding steroid dienone is 6. The van der Waals surface area contributed by atoms with Crippen molar-refractivity contribution in [3.8, 4) is 0 Å². The van der Waals surface area contributed by atoms with Crippen molar-refractivity contribution in [2.45, 2.75) is 229 Å². The molecule has 6 aliphatic rings. The number of carbonyl (C=O) groups is 6. The summed E-state index contributed by atoms with van der Waals surface area (Å²) in [5.74, 6) is 0.117. The largest absolute Gasteiger partial charge is 0.388 e. The van der Waals surface area contributed by atoms with Crippen molar-refractivity contribution in [1.82, 2.24) is 19.6 Å². The van der Waals surface area contributed by atoms with E-state index in [1.807, 2.05) is 139 Å². The number of carbonyl (C=O) groups excluding carboxylic acids is 6. The van der Waals surface area contributed by atoms with Gasteiger partial charge in [0, 0.05) is 83.8 Å². The first kappa shape index (κ1) is 108. The lowest BCUT2D eigenvalue weighted by Gasteiger charge is -2.20. The summed E-state index contributed by atoms with van der Waals surface area (Å²) in [5, 5.41) is 20.1. The summed E-state index contributed by atoms with van der Waals surface area (Å²) in [4.78, 5) is 86.2. The van der Waals surface area contributed by atoms with Gasteiger partial charge in [-0.25, -0.2) is 0 Å². The molecule has 30 heteroatoms. The maximum Gasteiger partial charge on any atom is 0.261 e. The number of alkyl halides is 4. The van der Waals surface area contributed by atoms with Gasteiger partial charge in [0.15, 0.2) is 0 Å². The summed E-state index contributed by atoms with van der Waals surface area (Å²) < 4.78 is 4.68. The number of hydrogen-bond acceptors (Lipinski definition) is 8. The van der Waals surface area contributed by atoms with Gasteiger partial charge in [-0.05, 0) is 315 Å². The Morgan fingerprint density at radius 3 is 0.846 bits per heavy atom. The van der Waals surface area contributed by atoms with Crippen LogP contribution in [0.15, 0.2) is 215 Å². The van der Waals surface area contributed by atoms with Crippen molar-refractivity contribution in [1.29, 1.82) is 0 Å². The Morgan fingerprint density at radius 2 is 0.530 bits per heavy atom. The number of para-hydroxylation sites is 2. The van der Waals surface area contributed by atoms with E-state index >= 15 is 0 Å².